The molecule has 2 saturated heterocycles. The largest absolute Gasteiger partial charge is 0.453 e. The van der Waals surface area contributed by atoms with E-state index < -0.39 is 11.0 Å². The number of piperazine rings is 1. The topological polar surface area (TPSA) is 79.4 Å². The number of anilines is 1. The minimum Gasteiger partial charge on any atom is -0.453 e. The van der Waals surface area contributed by atoms with Crippen LogP contribution in [0, 0.1) is 0 Å². The third kappa shape index (κ3) is 3.46. The van der Waals surface area contributed by atoms with E-state index in [2.05, 4.69) is 29.2 Å². The summed E-state index contributed by atoms with van der Waals surface area (Å²) in [6.07, 6.45) is 2.02. The number of benzene rings is 2. The molecule has 1 atom stereocenters. The van der Waals surface area contributed by atoms with E-state index in [0.29, 0.717) is 38.2 Å². The molecule has 3 heterocycles. The number of ether oxygens (including phenoxy) is 2. The van der Waals surface area contributed by atoms with Crippen LogP contribution in [0.5, 0.6) is 0 Å². The molecule has 0 bridgehead atoms. The summed E-state index contributed by atoms with van der Waals surface area (Å²) in [5.41, 5.74) is 2.47. The number of carbonyl (C=O) groups is 3. The minimum absolute atomic E-state index is 0.134. The standard InChI is InChI=1S/C27H29N3O5/c1-34-25(33)29-16-14-28(15-17-29)20-8-6-19(7-9-20)26(10-11-26)24(32)30-13-12-27(18-30)22-5-3-2-4-21(22)23(31)35-27/h2-9H,10-18H2,1H3/t27-/m0/s1. The molecule has 3 aliphatic heterocycles. The summed E-state index contributed by atoms with van der Waals surface area (Å²) in [5, 5.41) is 0. The van der Waals surface area contributed by atoms with Gasteiger partial charge in [-0.05, 0) is 36.6 Å². The van der Waals surface area contributed by atoms with E-state index in [-0.39, 0.29) is 18.0 Å². The Morgan fingerprint density at radius 2 is 1.60 bits per heavy atom. The van der Waals surface area contributed by atoms with Crippen molar-refractivity contribution in [3.63, 3.8) is 0 Å². The average molecular weight is 476 g/mol. The van der Waals surface area contributed by atoms with Crippen molar-refractivity contribution in [3.05, 3.63) is 65.2 Å². The fraction of sp³-hybridized carbons (Fsp3) is 0.444. The smallest absolute Gasteiger partial charge is 0.409 e. The predicted molar refractivity (Wildman–Crippen MR) is 128 cm³/mol. The molecule has 2 amide bonds. The Morgan fingerprint density at radius 1 is 0.886 bits per heavy atom. The molecular weight excluding hydrogens is 446 g/mol. The van der Waals surface area contributed by atoms with Gasteiger partial charge in [-0.25, -0.2) is 9.59 Å². The summed E-state index contributed by atoms with van der Waals surface area (Å²) in [7, 11) is 1.41. The van der Waals surface area contributed by atoms with Gasteiger partial charge in [0.15, 0.2) is 5.60 Å². The molecule has 1 aliphatic carbocycles. The van der Waals surface area contributed by atoms with Crippen molar-refractivity contribution in [3.8, 4) is 0 Å². The van der Waals surface area contributed by atoms with Crippen LogP contribution in [0.25, 0.3) is 0 Å². The number of rotatable bonds is 3. The number of methoxy groups -OCH3 is 1. The summed E-state index contributed by atoms with van der Waals surface area (Å²) < 4.78 is 10.7. The summed E-state index contributed by atoms with van der Waals surface area (Å²) in [5.74, 6) is -0.159. The monoisotopic (exact) mass is 475 g/mol. The normalized spacial score (nSPS) is 24.4. The summed E-state index contributed by atoms with van der Waals surface area (Å²) in [4.78, 5) is 43.7. The van der Waals surface area contributed by atoms with Gasteiger partial charge in [-0.2, -0.15) is 0 Å². The van der Waals surface area contributed by atoms with Crippen LogP contribution in [0.1, 0.15) is 40.7 Å². The van der Waals surface area contributed by atoms with Gasteiger partial charge in [0.25, 0.3) is 0 Å². The molecule has 4 aliphatic rings. The van der Waals surface area contributed by atoms with Crippen molar-refractivity contribution in [2.45, 2.75) is 30.3 Å². The molecule has 8 heteroatoms. The number of nitrogens with zero attached hydrogens (tertiary/aromatic N) is 3. The van der Waals surface area contributed by atoms with Crippen LogP contribution in [0.2, 0.25) is 0 Å². The molecule has 0 unspecified atom stereocenters. The zero-order valence-electron chi connectivity index (χ0n) is 19.9. The first kappa shape index (κ1) is 21.9. The molecule has 0 radical (unpaired) electrons. The molecule has 3 fully saturated rings. The molecule has 6 rings (SSSR count). The van der Waals surface area contributed by atoms with Crippen molar-refractivity contribution >= 4 is 23.7 Å². The molecule has 8 nitrogen and oxygen atoms in total. The fourth-order valence-corrected chi connectivity index (χ4v) is 5.93. The van der Waals surface area contributed by atoms with Gasteiger partial charge in [-0.1, -0.05) is 30.3 Å². The molecule has 1 saturated carbocycles. The highest BCUT2D eigenvalue weighted by Gasteiger charge is 2.57. The van der Waals surface area contributed by atoms with E-state index in [1.165, 1.54) is 7.11 Å². The quantitative estimate of drug-likeness (QED) is 0.636. The van der Waals surface area contributed by atoms with Crippen LogP contribution in [0.15, 0.2) is 48.5 Å². The number of hydrogen-bond acceptors (Lipinski definition) is 6. The predicted octanol–water partition coefficient (Wildman–Crippen LogP) is 2.90. The molecule has 2 aromatic carbocycles. The molecule has 0 N–H and O–H groups in total. The molecule has 2 aromatic rings. The lowest BCUT2D eigenvalue weighted by molar-refractivity contribution is -0.134. The molecule has 182 valence electrons. The number of esters is 1. The number of fused-ring (bicyclic) bond motifs is 2. The number of carbonyl (C=O) groups excluding carboxylic acids is 3. The van der Waals surface area contributed by atoms with Gasteiger partial charge in [-0.3, -0.25) is 4.79 Å². The number of likely N-dealkylation sites (tertiary alicyclic amines) is 1. The summed E-state index contributed by atoms with van der Waals surface area (Å²) in [6.45, 7) is 3.75. The molecule has 0 aromatic heterocycles. The van der Waals surface area contributed by atoms with Gasteiger partial charge in [0.1, 0.15) is 0 Å². The van der Waals surface area contributed by atoms with E-state index in [1.807, 2.05) is 23.1 Å². The summed E-state index contributed by atoms with van der Waals surface area (Å²) in [6, 6.07) is 15.8. The van der Waals surface area contributed by atoms with Crippen LogP contribution in [-0.2, 0) is 25.3 Å². The highest BCUT2D eigenvalue weighted by Crippen LogP contribution is 2.52. The highest BCUT2D eigenvalue weighted by atomic mass is 16.6. The number of hydrogen-bond donors (Lipinski definition) is 0. The number of amides is 2. The molecular formula is C27H29N3O5. The van der Waals surface area contributed by atoms with E-state index in [4.69, 9.17) is 9.47 Å². The van der Waals surface area contributed by atoms with E-state index in [0.717, 1.165) is 42.7 Å². The average Bonchev–Trinajstić information content (AvgIpc) is 3.54. The van der Waals surface area contributed by atoms with Gasteiger partial charge in [0.2, 0.25) is 5.91 Å². The Kier molecular flexibility index (Phi) is 5.02. The van der Waals surface area contributed by atoms with Crippen LogP contribution >= 0.6 is 0 Å². The second kappa shape index (κ2) is 8.00. The van der Waals surface area contributed by atoms with E-state index in [9.17, 15) is 14.4 Å². The Morgan fingerprint density at radius 3 is 2.29 bits per heavy atom. The summed E-state index contributed by atoms with van der Waals surface area (Å²) >= 11 is 0. The van der Waals surface area contributed by atoms with E-state index in [1.54, 1.807) is 11.0 Å². The zero-order chi connectivity index (χ0) is 24.2. The van der Waals surface area contributed by atoms with Crippen LogP contribution in [0.3, 0.4) is 0 Å². The SMILES string of the molecule is COC(=O)N1CCN(c2ccc(C3(C(=O)N4CC[C@@]5(C4)OC(=O)c4ccccc45)CC3)cc2)CC1. The second-order valence-electron chi connectivity index (χ2n) is 9.98. The molecule has 35 heavy (non-hydrogen) atoms. The van der Waals surface area contributed by atoms with Crippen molar-refractivity contribution in [2.75, 3.05) is 51.3 Å². The Labute approximate surface area is 204 Å². The maximum Gasteiger partial charge on any atom is 0.409 e. The highest BCUT2D eigenvalue weighted by molar-refractivity contribution is 5.96. The van der Waals surface area contributed by atoms with Gasteiger partial charge in [0, 0.05) is 50.4 Å². The Hall–Kier alpha value is -3.55. The van der Waals surface area contributed by atoms with E-state index >= 15 is 0 Å². The Bertz CT molecular complexity index is 1180. The van der Waals surface area contributed by atoms with Crippen molar-refractivity contribution in [1.29, 1.82) is 0 Å². The maximum absolute atomic E-state index is 13.7. The van der Waals surface area contributed by atoms with Crippen LogP contribution in [-0.4, -0.2) is 74.1 Å². The van der Waals surface area contributed by atoms with Crippen LogP contribution < -0.4 is 4.90 Å². The minimum atomic E-state index is -0.713. The van der Waals surface area contributed by atoms with Gasteiger partial charge in [-0.15, -0.1) is 0 Å². The first-order valence-electron chi connectivity index (χ1n) is 12.3. The third-order valence-corrected chi connectivity index (χ3v) is 8.10. The maximum atomic E-state index is 13.7. The fourth-order valence-electron chi connectivity index (χ4n) is 5.93. The lowest BCUT2D eigenvalue weighted by atomic mass is 9.91. The van der Waals surface area contributed by atoms with Gasteiger partial charge in [0.05, 0.1) is 24.6 Å². The van der Waals surface area contributed by atoms with Gasteiger partial charge < -0.3 is 24.2 Å². The van der Waals surface area contributed by atoms with Crippen molar-refractivity contribution in [1.82, 2.24) is 9.80 Å². The lowest BCUT2D eigenvalue weighted by Gasteiger charge is -2.35. The van der Waals surface area contributed by atoms with Gasteiger partial charge >= 0.3 is 12.1 Å². The third-order valence-electron chi connectivity index (χ3n) is 8.10. The second-order valence-corrected chi connectivity index (χ2v) is 9.98. The zero-order valence-corrected chi connectivity index (χ0v) is 19.9. The van der Waals surface area contributed by atoms with Crippen LogP contribution in [0.4, 0.5) is 10.5 Å². The first-order chi connectivity index (χ1) is 17.0. The Balaban J connectivity index is 1.15. The van der Waals surface area contributed by atoms with Crippen molar-refractivity contribution in [2.24, 2.45) is 0 Å². The lowest BCUT2D eigenvalue weighted by Crippen LogP contribution is -2.48. The van der Waals surface area contributed by atoms with Crippen molar-refractivity contribution < 1.29 is 23.9 Å². The molecule has 1 spiro atoms. The first-order valence-corrected chi connectivity index (χ1v) is 12.3.